The zero-order valence-corrected chi connectivity index (χ0v) is 10.6. The summed E-state index contributed by atoms with van der Waals surface area (Å²) in [7, 11) is 2.85. The van der Waals surface area contributed by atoms with Crippen LogP contribution in [0.1, 0.15) is 10.5 Å². The summed E-state index contributed by atoms with van der Waals surface area (Å²) in [5.74, 6) is 0.624. The van der Waals surface area contributed by atoms with E-state index in [-0.39, 0.29) is 5.69 Å². The number of halogens is 1. The minimum Gasteiger partial charge on any atom is -0.496 e. The molecule has 5 nitrogen and oxygen atoms in total. The van der Waals surface area contributed by atoms with Crippen LogP contribution in [0.5, 0.6) is 5.75 Å². The van der Waals surface area contributed by atoms with E-state index in [1.165, 1.54) is 13.3 Å². The zero-order valence-electron chi connectivity index (χ0n) is 9.86. The molecule has 6 heteroatoms. The van der Waals surface area contributed by atoms with Gasteiger partial charge in [-0.25, -0.2) is 9.78 Å². The van der Waals surface area contributed by atoms with Crippen LogP contribution in [0.25, 0.3) is 11.4 Å². The molecule has 0 unspecified atom stereocenters. The van der Waals surface area contributed by atoms with Gasteiger partial charge in [0.15, 0.2) is 0 Å². The first-order valence-corrected chi connectivity index (χ1v) is 5.50. The van der Waals surface area contributed by atoms with Gasteiger partial charge < -0.3 is 14.5 Å². The SMILES string of the molecule is COC(=O)c1cnc(-c2ccc(Cl)cc2OC)[nH]1. The van der Waals surface area contributed by atoms with Gasteiger partial charge in [-0.05, 0) is 18.2 Å². The minimum atomic E-state index is -0.471. The number of ether oxygens (including phenoxy) is 2. The number of benzene rings is 1. The summed E-state index contributed by atoms with van der Waals surface area (Å²) in [5.41, 5.74) is 1.00. The monoisotopic (exact) mass is 266 g/mol. The lowest BCUT2D eigenvalue weighted by molar-refractivity contribution is 0.0595. The number of aromatic amines is 1. The first kappa shape index (κ1) is 12.4. The zero-order chi connectivity index (χ0) is 13.1. The van der Waals surface area contributed by atoms with E-state index in [2.05, 4.69) is 14.7 Å². The Hall–Kier alpha value is -2.01. The Kier molecular flexibility index (Phi) is 3.53. The average molecular weight is 267 g/mol. The van der Waals surface area contributed by atoms with Gasteiger partial charge in [-0.1, -0.05) is 11.6 Å². The molecule has 1 aromatic carbocycles. The van der Waals surface area contributed by atoms with E-state index in [1.807, 2.05) is 0 Å². The predicted octanol–water partition coefficient (Wildman–Crippen LogP) is 2.53. The molecule has 0 spiro atoms. The smallest absolute Gasteiger partial charge is 0.356 e. The lowest BCUT2D eigenvalue weighted by Crippen LogP contribution is -2.01. The maximum Gasteiger partial charge on any atom is 0.356 e. The number of nitrogens with zero attached hydrogens (tertiary/aromatic N) is 1. The molecule has 0 bridgehead atoms. The Morgan fingerprint density at radius 2 is 2.17 bits per heavy atom. The van der Waals surface area contributed by atoms with E-state index in [0.29, 0.717) is 16.6 Å². The van der Waals surface area contributed by atoms with Crippen LogP contribution < -0.4 is 4.74 Å². The number of carbonyl (C=O) groups excluding carboxylic acids is 1. The molecule has 2 rings (SSSR count). The number of hydrogen-bond acceptors (Lipinski definition) is 4. The van der Waals surface area contributed by atoms with Crippen LogP contribution in [0.15, 0.2) is 24.4 Å². The second kappa shape index (κ2) is 5.10. The molecule has 0 aliphatic heterocycles. The number of imidazole rings is 1. The lowest BCUT2D eigenvalue weighted by atomic mass is 10.2. The number of methoxy groups -OCH3 is 2. The van der Waals surface area contributed by atoms with Crippen molar-refractivity contribution >= 4 is 17.6 Å². The van der Waals surface area contributed by atoms with Crippen LogP contribution in [0, 0.1) is 0 Å². The van der Waals surface area contributed by atoms with Crippen molar-refractivity contribution in [1.82, 2.24) is 9.97 Å². The molecular formula is C12H11ClN2O3. The number of esters is 1. The summed E-state index contributed by atoms with van der Waals surface area (Å²) in [6.07, 6.45) is 1.41. The van der Waals surface area contributed by atoms with Gasteiger partial charge in [-0.15, -0.1) is 0 Å². The quantitative estimate of drug-likeness (QED) is 0.867. The average Bonchev–Trinajstić information content (AvgIpc) is 2.87. The van der Waals surface area contributed by atoms with Gasteiger partial charge in [0.2, 0.25) is 0 Å². The normalized spacial score (nSPS) is 10.2. The topological polar surface area (TPSA) is 64.2 Å². The van der Waals surface area contributed by atoms with Crippen LogP contribution in [0.2, 0.25) is 5.02 Å². The molecule has 0 aliphatic rings. The van der Waals surface area contributed by atoms with Crippen molar-refractivity contribution in [3.63, 3.8) is 0 Å². The third kappa shape index (κ3) is 2.31. The highest BCUT2D eigenvalue weighted by Crippen LogP contribution is 2.30. The van der Waals surface area contributed by atoms with E-state index < -0.39 is 5.97 Å². The Bertz CT molecular complexity index is 580. The third-order valence-electron chi connectivity index (χ3n) is 2.40. The fraction of sp³-hybridized carbons (Fsp3) is 0.167. The van der Waals surface area contributed by atoms with Crippen LogP contribution in [-0.4, -0.2) is 30.2 Å². The highest BCUT2D eigenvalue weighted by atomic mass is 35.5. The molecule has 0 radical (unpaired) electrons. The van der Waals surface area contributed by atoms with Crippen LogP contribution in [0.3, 0.4) is 0 Å². The second-order valence-electron chi connectivity index (χ2n) is 3.48. The summed E-state index contributed by atoms with van der Waals surface area (Å²) < 4.78 is 9.81. The van der Waals surface area contributed by atoms with Gasteiger partial charge in [0, 0.05) is 5.02 Å². The molecule has 1 aromatic heterocycles. The molecule has 2 aromatic rings. The molecular weight excluding hydrogens is 256 g/mol. The van der Waals surface area contributed by atoms with Crippen molar-refractivity contribution in [3.05, 3.63) is 35.1 Å². The largest absolute Gasteiger partial charge is 0.496 e. The first-order valence-electron chi connectivity index (χ1n) is 5.13. The first-order chi connectivity index (χ1) is 8.65. The van der Waals surface area contributed by atoms with Gasteiger partial charge >= 0.3 is 5.97 Å². The molecule has 1 N–H and O–H groups in total. The van der Waals surface area contributed by atoms with Gasteiger partial charge in [0.25, 0.3) is 0 Å². The van der Waals surface area contributed by atoms with Crippen LogP contribution in [0.4, 0.5) is 0 Å². The molecule has 1 heterocycles. The Morgan fingerprint density at radius 1 is 1.39 bits per heavy atom. The summed E-state index contributed by atoms with van der Waals surface area (Å²) in [6.45, 7) is 0. The number of H-pyrrole nitrogens is 1. The van der Waals surface area contributed by atoms with Crippen molar-refractivity contribution in [1.29, 1.82) is 0 Å². The van der Waals surface area contributed by atoms with Crippen molar-refractivity contribution < 1.29 is 14.3 Å². The molecule has 0 saturated heterocycles. The summed E-state index contributed by atoms with van der Waals surface area (Å²) >= 11 is 5.88. The van der Waals surface area contributed by atoms with Crippen LogP contribution >= 0.6 is 11.6 Å². The summed E-state index contributed by atoms with van der Waals surface area (Å²) in [4.78, 5) is 18.3. The standard InChI is InChI=1S/C12H11ClN2O3/c1-17-10-5-7(13)3-4-8(10)11-14-6-9(15-11)12(16)18-2/h3-6H,1-2H3,(H,14,15). The molecule has 0 aliphatic carbocycles. The lowest BCUT2D eigenvalue weighted by Gasteiger charge is -2.06. The van der Waals surface area contributed by atoms with Crippen molar-refractivity contribution in [3.8, 4) is 17.1 Å². The fourth-order valence-electron chi connectivity index (χ4n) is 1.53. The van der Waals surface area contributed by atoms with Crippen LogP contribution in [-0.2, 0) is 4.74 Å². The molecule has 0 amide bonds. The van der Waals surface area contributed by atoms with Gasteiger partial charge in [0.05, 0.1) is 26.0 Å². The Labute approximate surface area is 109 Å². The number of carbonyl (C=O) groups is 1. The maximum atomic E-state index is 11.3. The van der Waals surface area contributed by atoms with Crippen molar-refractivity contribution in [2.75, 3.05) is 14.2 Å². The third-order valence-corrected chi connectivity index (χ3v) is 2.63. The van der Waals surface area contributed by atoms with Gasteiger partial charge in [0.1, 0.15) is 17.3 Å². The second-order valence-corrected chi connectivity index (χ2v) is 3.92. The Balaban J connectivity index is 2.42. The number of rotatable bonds is 3. The number of hydrogen-bond donors (Lipinski definition) is 1. The highest BCUT2D eigenvalue weighted by Gasteiger charge is 2.13. The van der Waals surface area contributed by atoms with Gasteiger partial charge in [-0.3, -0.25) is 0 Å². The molecule has 18 heavy (non-hydrogen) atoms. The Morgan fingerprint density at radius 3 is 2.83 bits per heavy atom. The van der Waals surface area contributed by atoms with E-state index in [0.717, 1.165) is 5.56 Å². The van der Waals surface area contributed by atoms with E-state index in [9.17, 15) is 4.79 Å². The summed E-state index contributed by atoms with van der Waals surface area (Å²) in [5, 5.41) is 0.565. The van der Waals surface area contributed by atoms with E-state index in [4.69, 9.17) is 16.3 Å². The van der Waals surface area contributed by atoms with Gasteiger partial charge in [-0.2, -0.15) is 0 Å². The molecule has 0 atom stereocenters. The molecule has 94 valence electrons. The predicted molar refractivity (Wildman–Crippen MR) is 66.9 cm³/mol. The minimum absolute atomic E-state index is 0.282. The van der Waals surface area contributed by atoms with Crippen molar-refractivity contribution in [2.45, 2.75) is 0 Å². The molecule has 0 saturated carbocycles. The number of aromatic nitrogens is 2. The van der Waals surface area contributed by atoms with E-state index >= 15 is 0 Å². The highest BCUT2D eigenvalue weighted by molar-refractivity contribution is 6.30. The fourth-order valence-corrected chi connectivity index (χ4v) is 1.69. The van der Waals surface area contributed by atoms with Crippen molar-refractivity contribution in [2.24, 2.45) is 0 Å². The molecule has 0 fully saturated rings. The number of nitrogens with one attached hydrogen (secondary N) is 1. The maximum absolute atomic E-state index is 11.3. The summed E-state index contributed by atoms with van der Waals surface area (Å²) in [6, 6.07) is 5.16. The van der Waals surface area contributed by atoms with E-state index in [1.54, 1.807) is 25.3 Å².